The molecule has 0 fully saturated rings. The molecule has 0 amide bonds. The van der Waals surface area contributed by atoms with Gasteiger partial charge in [-0.25, -0.2) is 0 Å². The SMILES string of the molecule is NC(Cc1ccc(Cl)cc1)C(C(=O)O)C(=O)OCC1c2ccccc2-c2ccccc21. The number of carboxylic acid groups (broad SMARTS) is 1. The predicted octanol–water partition coefficient (Wildman–Crippen LogP) is 4.27. The average molecular weight is 436 g/mol. The van der Waals surface area contributed by atoms with Crippen molar-refractivity contribution >= 4 is 23.5 Å². The van der Waals surface area contributed by atoms with Gasteiger partial charge in [-0.15, -0.1) is 0 Å². The number of fused-ring (bicyclic) bond motifs is 3. The molecule has 0 heterocycles. The topological polar surface area (TPSA) is 89.6 Å². The van der Waals surface area contributed by atoms with Crippen LogP contribution in [0.2, 0.25) is 5.02 Å². The van der Waals surface area contributed by atoms with E-state index in [-0.39, 0.29) is 18.9 Å². The Morgan fingerprint density at radius 2 is 1.48 bits per heavy atom. The normalized spacial score (nSPS) is 14.4. The van der Waals surface area contributed by atoms with Crippen molar-refractivity contribution in [3.05, 3.63) is 94.5 Å². The minimum Gasteiger partial charge on any atom is -0.481 e. The number of hydrogen-bond acceptors (Lipinski definition) is 4. The molecule has 158 valence electrons. The first-order valence-electron chi connectivity index (χ1n) is 10.0. The Morgan fingerprint density at radius 1 is 0.935 bits per heavy atom. The van der Waals surface area contributed by atoms with Crippen molar-refractivity contribution in [1.82, 2.24) is 0 Å². The van der Waals surface area contributed by atoms with Gasteiger partial charge in [0, 0.05) is 17.0 Å². The van der Waals surface area contributed by atoms with E-state index >= 15 is 0 Å². The van der Waals surface area contributed by atoms with Gasteiger partial charge in [0.2, 0.25) is 0 Å². The first-order chi connectivity index (χ1) is 15.0. The van der Waals surface area contributed by atoms with Crippen LogP contribution < -0.4 is 5.73 Å². The van der Waals surface area contributed by atoms with Gasteiger partial charge < -0.3 is 15.6 Å². The van der Waals surface area contributed by atoms with Crippen LogP contribution >= 0.6 is 11.6 Å². The summed E-state index contributed by atoms with van der Waals surface area (Å²) in [5.74, 6) is -3.71. The summed E-state index contributed by atoms with van der Waals surface area (Å²) in [4.78, 5) is 24.6. The smallest absolute Gasteiger partial charge is 0.321 e. The second kappa shape index (κ2) is 8.92. The van der Waals surface area contributed by atoms with E-state index in [0.29, 0.717) is 5.02 Å². The number of halogens is 1. The zero-order valence-corrected chi connectivity index (χ0v) is 17.5. The van der Waals surface area contributed by atoms with E-state index < -0.39 is 23.9 Å². The molecule has 5 nitrogen and oxygen atoms in total. The first kappa shape index (κ1) is 21.1. The third-order valence-electron chi connectivity index (χ3n) is 5.69. The van der Waals surface area contributed by atoms with Crippen LogP contribution in [0.1, 0.15) is 22.6 Å². The molecule has 1 aliphatic rings. The van der Waals surface area contributed by atoms with Crippen molar-refractivity contribution in [2.45, 2.75) is 18.4 Å². The third-order valence-corrected chi connectivity index (χ3v) is 5.94. The monoisotopic (exact) mass is 435 g/mol. The van der Waals surface area contributed by atoms with Gasteiger partial charge in [0.1, 0.15) is 6.61 Å². The Kier molecular flexibility index (Phi) is 6.07. The molecule has 3 N–H and O–H groups in total. The fourth-order valence-corrected chi connectivity index (χ4v) is 4.29. The van der Waals surface area contributed by atoms with E-state index in [1.807, 2.05) is 48.5 Å². The second-order valence-electron chi connectivity index (χ2n) is 7.67. The molecular formula is C25H22ClNO4. The maximum Gasteiger partial charge on any atom is 0.321 e. The molecule has 0 aromatic heterocycles. The molecule has 2 atom stereocenters. The summed E-state index contributed by atoms with van der Waals surface area (Å²) in [5, 5.41) is 10.2. The van der Waals surface area contributed by atoms with E-state index in [4.69, 9.17) is 22.1 Å². The van der Waals surface area contributed by atoms with Crippen LogP contribution in [0.15, 0.2) is 72.8 Å². The summed E-state index contributed by atoms with van der Waals surface area (Å²) in [6.07, 6.45) is 0.221. The Hall–Kier alpha value is -3.15. The van der Waals surface area contributed by atoms with Gasteiger partial charge >= 0.3 is 11.9 Å². The van der Waals surface area contributed by atoms with Crippen molar-refractivity contribution in [3.8, 4) is 11.1 Å². The van der Waals surface area contributed by atoms with Gasteiger partial charge in [-0.1, -0.05) is 72.3 Å². The molecule has 31 heavy (non-hydrogen) atoms. The number of esters is 1. The number of nitrogens with two attached hydrogens (primary N) is 1. The summed E-state index contributed by atoms with van der Waals surface area (Å²) in [6.45, 7) is 0.0598. The van der Waals surface area contributed by atoms with Crippen molar-refractivity contribution in [2.75, 3.05) is 6.61 Å². The second-order valence-corrected chi connectivity index (χ2v) is 8.10. The fraction of sp³-hybridized carbons (Fsp3) is 0.200. The molecular weight excluding hydrogens is 414 g/mol. The molecule has 0 spiro atoms. The van der Waals surface area contributed by atoms with Gasteiger partial charge in [0.15, 0.2) is 5.92 Å². The molecule has 0 saturated heterocycles. The maximum atomic E-state index is 12.7. The number of benzene rings is 3. The van der Waals surface area contributed by atoms with E-state index in [2.05, 4.69) is 0 Å². The Morgan fingerprint density at radius 3 is 2.03 bits per heavy atom. The average Bonchev–Trinajstić information content (AvgIpc) is 3.07. The lowest BCUT2D eigenvalue weighted by molar-refractivity contribution is -0.159. The van der Waals surface area contributed by atoms with Crippen molar-refractivity contribution < 1.29 is 19.4 Å². The highest BCUT2D eigenvalue weighted by Crippen LogP contribution is 2.44. The van der Waals surface area contributed by atoms with Crippen LogP contribution in [0.25, 0.3) is 11.1 Å². The van der Waals surface area contributed by atoms with Crippen molar-refractivity contribution in [2.24, 2.45) is 11.7 Å². The highest BCUT2D eigenvalue weighted by molar-refractivity contribution is 6.30. The standard InChI is InChI=1S/C25H22ClNO4/c26-16-11-9-15(10-12-16)13-22(27)23(24(28)29)25(30)31-14-21-19-7-3-1-5-17(19)18-6-2-4-8-20(18)21/h1-12,21-23H,13-14,27H2,(H,28,29). The van der Waals surface area contributed by atoms with Crippen LogP contribution in [0.4, 0.5) is 0 Å². The molecule has 6 heteroatoms. The molecule has 4 rings (SSSR count). The summed E-state index contributed by atoms with van der Waals surface area (Å²) in [6, 6.07) is 21.9. The van der Waals surface area contributed by atoms with E-state index in [1.54, 1.807) is 24.3 Å². The largest absolute Gasteiger partial charge is 0.481 e. The number of rotatable bonds is 7. The van der Waals surface area contributed by atoms with Gasteiger partial charge in [-0.2, -0.15) is 0 Å². The number of carbonyl (C=O) groups excluding carboxylic acids is 1. The molecule has 0 bridgehead atoms. The predicted molar refractivity (Wildman–Crippen MR) is 119 cm³/mol. The summed E-state index contributed by atoms with van der Waals surface area (Å²) < 4.78 is 5.52. The number of hydrogen-bond donors (Lipinski definition) is 2. The maximum absolute atomic E-state index is 12.7. The number of carbonyl (C=O) groups is 2. The molecule has 3 aromatic rings. The quantitative estimate of drug-likeness (QED) is 0.427. The Balaban J connectivity index is 1.49. The van der Waals surface area contributed by atoms with Gasteiger partial charge in [0.25, 0.3) is 0 Å². The molecule has 0 aliphatic heterocycles. The highest BCUT2D eigenvalue weighted by atomic mass is 35.5. The number of ether oxygens (including phenoxy) is 1. The van der Waals surface area contributed by atoms with Crippen LogP contribution in [0.3, 0.4) is 0 Å². The van der Waals surface area contributed by atoms with E-state index in [0.717, 1.165) is 27.8 Å². The zero-order chi connectivity index (χ0) is 22.0. The molecule has 0 saturated carbocycles. The van der Waals surface area contributed by atoms with Crippen LogP contribution in [-0.4, -0.2) is 29.7 Å². The van der Waals surface area contributed by atoms with Gasteiger partial charge in [-0.05, 0) is 46.4 Å². The van der Waals surface area contributed by atoms with Gasteiger partial charge in [0.05, 0.1) is 0 Å². The molecule has 0 radical (unpaired) electrons. The lowest BCUT2D eigenvalue weighted by Crippen LogP contribution is -2.43. The molecule has 2 unspecified atom stereocenters. The number of aliphatic carboxylic acids is 1. The van der Waals surface area contributed by atoms with Crippen LogP contribution in [0, 0.1) is 5.92 Å². The Labute approximate surface area is 185 Å². The van der Waals surface area contributed by atoms with Crippen molar-refractivity contribution in [3.63, 3.8) is 0 Å². The first-order valence-corrected chi connectivity index (χ1v) is 10.4. The summed E-state index contributed by atoms with van der Waals surface area (Å²) in [5.41, 5.74) is 11.3. The van der Waals surface area contributed by atoms with Crippen LogP contribution in [-0.2, 0) is 20.7 Å². The fourth-order valence-electron chi connectivity index (χ4n) is 4.16. The highest BCUT2D eigenvalue weighted by Gasteiger charge is 2.36. The summed E-state index contributed by atoms with van der Waals surface area (Å²) >= 11 is 5.89. The van der Waals surface area contributed by atoms with E-state index in [1.165, 1.54) is 0 Å². The lowest BCUT2D eigenvalue weighted by atomic mass is 9.94. The lowest BCUT2D eigenvalue weighted by Gasteiger charge is -2.21. The van der Waals surface area contributed by atoms with Gasteiger partial charge in [-0.3, -0.25) is 9.59 Å². The number of carboxylic acids is 1. The summed E-state index contributed by atoms with van der Waals surface area (Å²) in [7, 11) is 0. The molecule has 3 aromatic carbocycles. The third kappa shape index (κ3) is 4.33. The minimum absolute atomic E-state index is 0.0598. The van der Waals surface area contributed by atoms with E-state index in [9.17, 15) is 14.7 Å². The molecule has 1 aliphatic carbocycles. The Bertz CT molecular complexity index is 1070. The minimum atomic E-state index is -1.46. The van der Waals surface area contributed by atoms with Crippen molar-refractivity contribution in [1.29, 1.82) is 0 Å². The van der Waals surface area contributed by atoms with Crippen LogP contribution in [0.5, 0.6) is 0 Å². The zero-order valence-electron chi connectivity index (χ0n) is 16.7.